The number of hydrogen-bond acceptors (Lipinski definition) is 4. The molecule has 0 saturated carbocycles. The Labute approximate surface area is 109 Å². The van der Waals surface area contributed by atoms with Crippen molar-refractivity contribution in [3.05, 3.63) is 33.6 Å². The van der Waals surface area contributed by atoms with Gasteiger partial charge in [0.15, 0.2) is 0 Å². The molecule has 1 aromatic carbocycles. The number of fused-ring (bicyclic) bond motifs is 1. The predicted octanol–water partition coefficient (Wildman–Crippen LogP) is 4.49. The van der Waals surface area contributed by atoms with Crippen molar-refractivity contribution >= 4 is 50.0 Å². The van der Waals surface area contributed by atoms with Crippen molar-refractivity contribution in [1.29, 1.82) is 0 Å². The average Bonchev–Trinajstić information content (AvgIpc) is 2.84. The van der Waals surface area contributed by atoms with E-state index in [-0.39, 0.29) is 0 Å². The van der Waals surface area contributed by atoms with Crippen LogP contribution in [0.15, 0.2) is 28.1 Å². The fraction of sp³-hybridized carbons (Fsp3) is 0.0909. The Balaban J connectivity index is 2.33. The molecular weight excluding hydrogens is 304 g/mol. The first-order chi connectivity index (χ1) is 7.75. The van der Waals surface area contributed by atoms with Crippen LogP contribution >= 0.6 is 39.0 Å². The van der Waals surface area contributed by atoms with E-state index in [2.05, 4.69) is 43.7 Å². The van der Waals surface area contributed by atoms with Gasteiger partial charge < -0.3 is 0 Å². The van der Waals surface area contributed by atoms with Crippen molar-refractivity contribution in [2.24, 2.45) is 0 Å². The standard InChI is InChI=1S/C11H7BrN2S2/c1-6-5-9(12)15-11(6)7-3-2-4-8-10(7)14-16-13-8/h2-5H,1H3. The Bertz CT molecular complexity index is 657. The lowest BCUT2D eigenvalue weighted by Gasteiger charge is -1.99. The van der Waals surface area contributed by atoms with Gasteiger partial charge in [-0.15, -0.1) is 11.3 Å². The van der Waals surface area contributed by atoms with Gasteiger partial charge in [0.25, 0.3) is 0 Å². The lowest BCUT2D eigenvalue weighted by Crippen LogP contribution is -1.78. The molecule has 0 aliphatic heterocycles. The molecule has 0 radical (unpaired) electrons. The average molecular weight is 311 g/mol. The molecule has 0 spiro atoms. The van der Waals surface area contributed by atoms with Crippen molar-refractivity contribution in [2.75, 3.05) is 0 Å². The van der Waals surface area contributed by atoms with Crippen LogP contribution in [0.4, 0.5) is 0 Å². The van der Waals surface area contributed by atoms with E-state index in [1.54, 1.807) is 11.3 Å². The van der Waals surface area contributed by atoms with Crippen LogP contribution in [0, 0.1) is 6.92 Å². The van der Waals surface area contributed by atoms with Gasteiger partial charge in [0.2, 0.25) is 0 Å². The Morgan fingerprint density at radius 3 is 2.88 bits per heavy atom. The molecule has 16 heavy (non-hydrogen) atoms. The summed E-state index contributed by atoms with van der Waals surface area (Å²) in [5, 5.41) is 0. The summed E-state index contributed by atoms with van der Waals surface area (Å²) in [4.78, 5) is 1.27. The van der Waals surface area contributed by atoms with Gasteiger partial charge in [-0.1, -0.05) is 12.1 Å². The summed E-state index contributed by atoms with van der Waals surface area (Å²) in [7, 11) is 0. The molecule has 0 atom stereocenters. The second-order valence-corrected chi connectivity index (χ2v) is 6.46. The van der Waals surface area contributed by atoms with Gasteiger partial charge in [-0.2, -0.15) is 8.75 Å². The molecule has 0 N–H and O–H groups in total. The molecule has 3 aromatic rings. The van der Waals surface area contributed by atoms with Gasteiger partial charge in [0.1, 0.15) is 11.0 Å². The monoisotopic (exact) mass is 310 g/mol. The third-order valence-corrected chi connectivity index (χ3v) is 4.73. The van der Waals surface area contributed by atoms with Crippen LogP contribution in [0.1, 0.15) is 5.56 Å². The minimum atomic E-state index is 0.978. The molecule has 80 valence electrons. The predicted molar refractivity (Wildman–Crippen MR) is 73.2 cm³/mol. The first-order valence-corrected chi connectivity index (χ1v) is 7.07. The second-order valence-electron chi connectivity index (χ2n) is 3.50. The number of rotatable bonds is 1. The van der Waals surface area contributed by atoms with Crippen LogP contribution in [0.3, 0.4) is 0 Å². The molecule has 0 unspecified atom stereocenters. The smallest absolute Gasteiger partial charge is 0.113 e. The van der Waals surface area contributed by atoms with E-state index in [9.17, 15) is 0 Å². The van der Waals surface area contributed by atoms with Crippen LogP contribution in [0.2, 0.25) is 0 Å². The Kier molecular flexibility index (Phi) is 2.53. The number of aryl methyl sites for hydroxylation is 1. The minimum Gasteiger partial charge on any atom is -0.173 e. The van der Waals surface area contributed by atoms with Gasteiger partial charge >= 0.3 is 0 Å². The van der Waals surface area contributed by atoms with Crippen molar-refractivity contribution in [3.8, 4) is 10.4 Å². The van der Waals surface area contributed by atoms with Crippen molar-refractivity contribution in [2.45, 2.75) is 6.92 Å². The first-order valence-electron chi connectivity index (χ1n) is 4.73. The number of thiophene rings is 1. The number of halogens is 1. The SMILES string of the molecule is Cc1cc(Br)sc1-c1cccc2nsnc12. The molecule has 0 aliphatic rings. The summed E-state index contributed by atoms with van der Waals surface area (Å²) in [6.45, 7) is 2.12. The number of aromatic nitrogens is 2. The molecule has 0 aliphatic carbocycles. The van der Waals surface area contributed by atoms with Crippen LogP contribution < -0.4 is 0 Å². The molecule has 0 saturated heterocycles. The molecule has 5 heteroatoms. The number of benzene rings is 1. The van der Waals surface area contributed by atoms with Crippen LogP contribution in [-0.4, -0.2) is 8.75 Å². The van der Waals surface area contributed by atoms with Gasteiger partial charge in [-0.05, 0) is 40.5 Å². The fourth-order valence-corrected chi connectivity index (χ4v) is 4.00. The summed E-state index contributed by atoms with van der Waals surface area (Å²) in [6.07, 6.45) is 0. The zero-order chi connectivity index (χ0) is 11.1. The van der Waals surface area contributed by atoms with E-state index in [1.807, 2.05) is 12.1 Å². The van der Waals surface area contributed by atoms with E-state index >= 15 is 0 Å². The molecule has 0 bridgehead atoms. The van der Waals surface area contributed by atoms with Gasteiger partial charge in [-0.25, -0.2) is 0 Å². The highest BCUT2D eigenvalue weighted by molar-refractivity contribution is 9.11. The topological polar surface area (TPSA) is 25.8 Å². The van der Waals surface area contributed by atoms with Crippen LogP contribution in [0.5, 0.6) is 0 Å². The molecule has 2 heterocycles. The molecule has 0 fully saturated rings. The van der Waals surface area contributed by atoms with Crippen molar-refractivity contribution < 1.29 is 0 Å². The van der Waals surface area contributed by atoms with Crippen molar-refractivity contribution in [3.63, 3.8) is 0 Å². The maximum absolute atomic E-state index is 4.37. The Morgan fingerprint density at radius 1 is 1.25 bits per heavy atom. The fourth-order valence-electron chi connectivity index (χ4n) is 1.70. The highest BCUT2D eigenvalue weighted by Gasteiger charge is 2.11. The number of hydrogen-bond donors (Lipinski definition) is 0. The van der Waals surface area contributed by atoms with E-state index in [0.717, 1.165) is 14.8 Å². The third kappa shape index (κ3) is 1.59. The molecule has 2 nitrogen and oxygen atoms in total. The van der Waals surface area contributed by atoms with Gasteiger partial charge in [0, 0.05) is 10.4 Å². The zero-order valence-corrected chi connectivity index (χ0v) is 11.6. The molecule has 2 aromatic heterocycles. The maximum atomic E-state index is 4.37. The third-order valence-electron chi connectivity index (χ3n) is 2.42. The Hall–Kier alpha value is -0.780. The molecule has 3 rings (SSSR count). The van der Waals surface area contributed by atoms with Gasteiger partial charge in [0.05, 0.1) is 15.5 Å². The van der Waals surface area contributed by atoms with E-state index in [4.69, 9.17) is 0 Å². The molecule has 0 amide bonds. The largest absolute Gasteiger partial charge is 0.173 e. The second kappa shape index (κ2) is 3.91. The van der Waals surface area contributed by atoms with Crippen LogP contribution in [0.25, 0.3) is 21.5 Å². The lowest BCUT2D eigenvalue weighted by molar-refractivity contribution is 1.53. The van der Waals surface area contributed by atoms with Gasteiger partial charge in [-0.3, -0.25) is 0 Å². The summed E-state index contributed by atoms with van der Waals surface area (Å²) >= 11 is 6.53. The summed E-state index contributed by atoms with van der Waals surface area (Å²) in [5.41, 5.74) is 4.44. The quantitative estimate of drug-likeness (QED) is 0.661. The van der Waals surface area contributed by atoms with E-state index in [0.29, 0.717) is 0 Å². The summed E-state index contributed by atoms with van der Waals surface area (Å²) < 4.78 is 9.79. The van der Waals surface area contributed by atoms with E-state index in [1.165, 1.54) is 27.7 Å². The van der Waals surface area contributed by atoms with Crippen molar-refractivity contribution in [1.82, 2.24) is 8.75 Å². The first kappa shape index (κ1) is 10.4. The minimum absolute atomic E-state index is 0.978. The zero-order valence-electron chi connectivity index (χ0n) is 8.40. The number of nitrogens with zero attached hydrogens (tertiary/aromatic N) is 2. The van der Waals surface area contributed by atoms with Crippen LogP contribution in [-0.2, 0) is 0 Å². The highest BCUT2D eigenvalue weighted by atomic mass is 79.9. The normalized spacial score (nSPS) is 11.1. The Morgan fingerprint density at radius 2 is 2.12 bits per heavy atom. The van der Waals surface area contributed by atoms with E-state index < -0.39 is 0 Å². The summed E-state index contributed by atoms with van der Waals surface area (Å²) in [5.74, 6) is 0. The molecular formula is C11H7BrN2S2. The highest BCUT2D eigenvalue weighted by Crippen LogP contribution is 2.37. The lowest BCUT2D eigenvalue weighted by atomic mass is 10.1. The maximum Gasteiger partial charge on any atom is 0.113 e. The summed E-state index contributed by atoms with van der Waals surface area (Å²) in [6, 6.07) is 8.28.